The lowest BCUT2D eigenvalue weighted by atomic mass is 10.2. The van der Waals surface area contributed by atoms with E-state index in [-0.39, 0.29) is 5.56 Å². The Morgan fingerprint density at radius 1 is 1.59 bits per heavy atom. The van der Waals surface area contributed by atoms with Crippen LogP contribution in [0.1, 0.15) is 23.7 Å². The van der Waals surface area contributed by atoms with Gasteiger partial charge in [0.1, 0.15) is 4.60 Å². The number of nitrogens with one attached hydrogen (secondary N) is 1. The van der Waals surface area contributed by atoms with Gasteiger partial charge >= 0.3 is 6.18 Å². The van der Waals surface area contributed by atoms with Crippen LogP contribution < -0.4 is 5.32 Å². The van der Waals surface area contributed by atoms with E-state index in [4.69, 9.17) is 0 Å². The van der Waals surface area contributed by atoms with Gasteiger partial charge in [0.05, 0.1) is 12.0 Å². The molecule has 0 aliphatic carbocycles. The predicted octanol–water partition coefficient (Wildman–Crippen LogP) is 2.91. The first-order chi connectivity index (χ1) is 7.79. The highest BCUT2D eigenvalue weighted by Crippen LogP contribution is 2.21. The fourth-order valence-corrected chi connectivity index (χ4v) is 1.69. The van der Waals surface area contributed by atoms with E-state index in [1.54, 1.807) is 0 Å². The quantitative estimate of drug-likeness (QED) is 0.872. The van der Waals surface area contributed by atoms with Crippen molar-refractivity contribution in [3.63, 3.8) is 0 Å². The van der Waals surface area contributed by atoms with Crippen molar-refractivity contribution < 1.29 is 18.0 Å². The summed E-state index contributed by atoms with van der Waals surface area (Å²) in [5.41, 5.74) is 0.210. The van der Waals surface area contributed by atoms with Gasteiger partial charge in [-0.25, -0.2) is 4.98 Å². The van der Waals surface area contributed by atoms with E-state index in [1.807, 2.05) is 0 Å². The fraction of sp³-hybridized carbons (Fsp3) is 0.400. The van der Waals surface area contributed by atoms with Gasteiger partial charge in [-0.1, -0.05) is 0 Å². The van der Waals surface area contributed by atoms with Crippen LogP contribution in [0.3, 0.4) is 0 Å². The molecule has 0 aromatic carbocycles. The van der Waals surface area contributed by atoms with Crippen molar-refractivity contribution in [2.24, 2.45) is 0 Å². The van der Waals surface area contributed by atoms with Crippen LogP contribution in [0.15, 0.2) is 22.9 Å². The number of halogens is 4. The van der Waals surface area contributed by atoms with Gasteiger partial charge in [0.25, 0.3) is 5.91 Å². The van der Waals surface area contributed by atoms with Crippen LogP contribution in [0.5, 0.6) is 0 Å². The summed E-state index contributed by atoms with van der Waals surface area (Å²) in [4.78, 5) is 15.4. The molecule has 1 amide bonds. The largest absolute Gasteiger partial charge is 0.391 e. The smallest absolute Gasteiger partial charge is 0.349 e. The second-order valence-electron chi connectivity index (χ2n) is 3.54. The van der Waals surface area contributed by atoms with Gasteiger partial charge in [-0.2, -0.15) is 13.2 Å². The molecule has 1 unspecified atom stereocenters. The van der Waals surface area contributed by atoms with Crippen LogP contribution in [0.25, 0.3) is 0 Å². The number of pyridine rings is 1. The second kappa shape index (κ2) is 5.48. The zero-order valence-electron chi connectivity index (χ0n) is 8.88. The van der Waals surface area contributed by atoms with E-state index < -0.39 is 24.5 Å². The minimum absolute atomic E-state index is 0.210. The molecule has 17 heavy (non-hydrogen) atoms. The van der Waals surface area contributed by atoms with Crippen LogP contribution >= 0.6 is 15.9 Å². The SMILES string of the molecule is CC(CC(F)(F)F)NC(=O)c1cccnc1Br. The molecule has 0 aliphatic rings. The van der Waals surface area contributed by atoms with Crippen molar-refractivity contribution in [3.8, 4) is 0 Å². The molecule has 1 N–H and O–H groups in total. The number of aromatic nitrogens is 1. The predicted molar refractivity (Wildman–Crippen MR) is 59.5 cm³/mol. The standard InChI is InChI=1S/C10H10BrF3N2O/c1-6(5-10(12,13)14)16-9(17)7-3-2-4-15-8(7)11/h2-4,6H,5H2,1H3,(H,16,17). The molecule has 0 fully saturated rings. The van der Waals surface area contributed by atoms with Crippen molar-refractivity contribution in [2.75, 3.05) is 0 Å². The van der Waals surface area contributed by atoms with Crippen LogP contribution in [-0.4, -0.2) is 23.1 Å². The number of hydrogen-bond acceptors (Lipinski definition) is 2. The summed E-state index contributed by atoms with van der Waals surface area (Å²) >= 11 is 3.05. The molecule has 0 aliphatic heterocycles. The number of hydrogen-bond donors (Lipinski definition) is 1. The Labute approximate surface area is 105 Å². The Morgan fingerprint density at radius 2 is 2.24 bits per heavy atom. The minimum Gasteiger partial charge on any atom is -0.349 e. The van der Waals surface area contributed by atoms with Crippen LogP contribution in [0.4, 0.5) is 13.2 Å². The van der Waals surface area contributed by atoms with Crippen molar-refractivity contribution in [1.82, 2.24) is 10.3 Å². The summed E-state index contributed by atoms with van der Waals surface area (Å²) in [6, 6.07) is 2.04. The Hall–Kier alpha value is -1.11. The number of nitrogens with zero attached hydrogens (tertiary/aromatic N) is 1. The molecule has 1 heterocycles. The van der Waals surface area contributed by atoms with E-state index >= 15 is 0 Å². The Morgan fingerprint density at radius 3 is 2.76 bits per heavy atom. The number of alkyl halides is 3. The summed E-state index contributed by atoms with van der Waals surface area (Å²) in [7, 11) is 0. The lowest BCUT2D eigenvalue weighted by Gasteiger charge is -2.15. The second-order valence-corrected chi connectivity index (χ2v) is 4.29. The monoisotopic (exact) mass is 310 g/mol. The average molecular weight is 311 g/mol. The first-order valence-electron chi connectivity index (χ1n) is 4.78. The Kier molecular flexibility index (Phi) is 4.50. The van der Waals surface area contributed by atoms with Crippen molar-refractivity contribution in [3.05, 3.63) is 28.5 Å². The molecule has 1 aromatic rings. The molecule has 1 rings (SSSR count). The highest BCUT2D eigenvalue weighted by Gasteiger charge is 2.30. The molecular formula is C10H10BrF3N2O. The zero-order valence-corrected chi connectivity index (χ0v) is 10.5. The van der Waals surface area contributed by atoms with Crippen molar-refractivity contribution >= 4 is 21.8 Å². The van der Waals surface area contributed by atoms with E-state index in [0.717, 1.165) is 0 Å². The molecule has 3 nitrogen and oxygen atoms in total. The van der Waals surface area contributed by atoms with Gasteiger partial charge in [0.15, 0.2) is 0 Å². The van der Waals surface area contributed by atoms with Gasteiger partial charge < -0.3 is 5.32 Å². The van der Waals surface area contributed by atoms with Gasteiger partial charge in [0.2, 0.25) is 0 Å². The maximum absolute atomic E-state index is 12.1. The fourth-order valence-electron chi connectivity index (χ4n) is 1.26. The molecule has 94 valence electrons. The number of carbonyl (C=O) groups excluding carboxylic acids is 1. The number of carbonyl (C=O) groups is 1. The third-order valence-electron chi connectivity index (χ3n) is 1.92. The minimum atomic E-state index is -4.29. The number of rotatable bonds is 3. The summed E-state index contributed by atoms with van der Waals surface area (Å²) in [6.07, 6.45) is -3.88. The average Bonchev–Trinajstić information content (AvgIpc) is 2.14. The molecule has 0 spiro atoms. The Balaban J connectivity index is 2.64. The zero-order chi connectivity index (χ0) is 13.1. The lowest BCUT2D eigenvalue weighted by molar-refractivity contribution is -0.138. The van der Waals surface area contributed by atoms with Crippen molar-refractivity contribution in [2.45, 2.75) is 25.6 Å². The maximum Gasteiger partial charge on any atom is 0.391 e. The summed E-state index contributed by atoms with van der Waals surface area (Å²) in [5.74, 6) is -0.582. The highest BCUT2D eigenvalue weighted by molar-refractivity contribution is 9.10. The normalized spacial score (nSPS) is 13.2. The highest BCUT2D eigenvalue weighted by atomic mass is 79.9. The van der Waals surface area contributed by atoms with Gasteiger partial charge in [0, 0.05) is 12.2 Å². The van der Waals surface area contributed by atoms with E-state index in [9.17, 15) is 18.0 Å². The maximum atomic E-state index is 12.1. The summed E-state index contributed by atoms with van der Waals surface area (Å²) < 4.78 is 36.5. The molecule has 0 bridgehead atoms. The molecule has 0 radical (unpaired) electrons. The van der Waals surface area contributed by atoms with Gasteiger partial charge in [-0.15, -0.1) is 0 Å². The topological polar surface area (TPSA) is 42.0 Å². The number of amides is 1. The lowest BCUT2D eigenvalue weighted by Crippen LogP contribution is -2.36. The molecular weight excluding hydrogens is 301 g/mol. The van der Waals surface area contributed by atoms with E-state index in [1.165, 1.54) is 25.3 Å². The van der Waals surface area contributed by atoms with Crippen LogP contribution in [0, 0.1) is 0 Å². The third kappa shape index (κ3) is 4.72. The third-order valence-corrected chi connectivity index (χ3v) is 2.55. The molecule has 0 saturated heterocycles. The summed E-state index contributed by atoms with van der Waals surface area (Å²) in [6.45, 7) is 1.30. The summed E-state index contributed by atoms with van der Waals surface area (Å²) in [5, 5.41) is 2.26. The molecule has 1 aromatic heterocycles. The van der Waals surface area contributed by atoms with Gasteiger partial charge in [-0.05, 0) is 35.0 Å². The van der Waals surface area contributed by atoms with Crippen LogP contribution in [-0.2, 0) is 0 Å². The van der Waals surface area contributed by atoms with Crippen molar-refractivity contribution in [1.29, 1.82) is 0 Å². The van der Waals surface area contributed by atoms with Gasteiger partial charge in [-0.3, -0.25) is 4.79 Å². The van der Waals surface area contributed by atoms with E-state index in [0.29, 0.717) is 4.60 Å². The van der Waals surface area contributed by atoms with Crippen LogP contribution in [0.2, 0.25) is 0 Å². The first-order valence-corrected chi connectivity index (χ1v) is 5.57. The van der Waals surface area contributed by atoms with E-state index in [2.05, 4.69) is 26.2 Å². The first kappa shape index (κ1) is 14.0. The Bertz CT molecular complexity index is 409. The molecule has 1 atom stereocenters. The molecule has 0 saturated carbocycles. The molecule has 7 heteroatoms.